The molecular formula is C21H20FN5O. The minimum Gasteiger partial charge on any atom is -0.481 e. The van der Waals surface area contributed by atoms with Crippen molar-refractivity contribution >= 4 is 11.0 Å². The standard InChI is InChI=1S/C21H20FN5O/c1-13-18-16(11-24-20(18)26-12-25-13)10-15-6-8-17(27-19(15)22)7-5-14-4-3-9-23-21(14)28-2/h3-4,6,8-9,11-12H,5,7,10H2,1-2H3,(H,24,25,26). The largest absolute Gasteiger partial charge is 0.481 e. The third-order valence-electron chi connectivity index (χ3n) is 4.80. The van der Waals surface area contributed by atoms with E-state index in [1.54, 1.807) is 19.4 Å². The highest BCUT2D eigenvalue weighted by Gasteiger charge is 2.13. The zero-order chi connectivity index (χ0) is 19.5. The molecule has 142 valence electrons. The molecule has 0 aromatic carbocycles. The number of aryl methyl sites for hydroxylation is 3. The first-order chi connectivity index (χ1) is 13.7. The monoisotopic (exact) mass is 377 g/mol. The van der Waals surface area contributed by atoms with E-state index in [2.05, 4.69) is 24.9 Å². The first-order valence-electron chi connectivity index (χ1n) is 9.05. The number of hydrogen-bond donors (Lipinski definition) is 1. The zero-order valence-electron chi connectivity index (χ0n) is 15.7. The van der Waals surface area contributed by atoms with E-state index in [0.29, 0.717) is 36.4 Å². The van der Waals surface area contributed by atoms with Crippen molar-refractivity contribution in [1.82, 2.24) is 24.9 Å². The average molecular weight is 377 g/mol. The van der Waals surface area contributed by atoms with Crippen molar-refractivity contribution in [2.45, 2.75) is 26.2 Å². The molecule has 4 aromatic rings. The summed E-state index contributed by atoms with van der Waals surface area (Å²) < 4.78 is 19.9. The number of nitrogens with one attached hydrogen (secondary N) is 1. The lowest BCUT2D eigenvalue weighted by atomic mass is 10.0. The lowest BCUT2D eigenvalue weighted by Crippen LogP contribution is -2.02. The number of aromatic nitrogens is 5. The van der Waals surface area contributed by atoms with Crippen LogP contribution in [0, 0.1) is 12.9 Å². The lowest BCUT2D eigenvalue weighted by Gasteiger charge is -2.08. The maximum atomic E-state index is 14.6. The van der Waals surface area contributed by atoms with Gasteiger partial charge in [-0.1, -0.05) is 12.1 Å². The van der Waals surface area contributed by atoms with Gasteiger partial charge in [0.05, 0.1) is 12.8 Å². The van der Waals surface area contributed by atoms with Gasteiger partial charge in [0.15, 0.2) is 0 Å². The number of rotatable bonds is 6. The number of hydrogen-bond acceptors (Lipinski definition) is 5. The molecule has 0 unspecified atom stereocenters. The number of halogens is 1. The summed E-state index contributed by atoms with van der Waals surface area (Å²) in [6.07, 6.45) is 6.79. The number of pyridine rings is 2. The molecule has 6 nitrogen and oxygen atoms in total. The van der Waals surface area contributed by atoms with Gasteiger partial charge in [0.2, 0.25) is 11.8 Å². The highest BCUT2D eigenvalue weighted by molar-refractivity contribution is 5.82. The normalized spacial score (nSPS) is 11.1. The van der Waals surface area contributed by atoms with Crippen LogP contribution in [0.3, 0.4) is 0 Å². The lowest BCUT2D eigenvalue weighted by molar-refractivity contribution is 0.392. The third kappa shape index (κ3) is 3.55. The van der Waals surface area contributed by atoms with E-state index in [1.165, 1.54) is 6.33 Å². The van der Waals surface area contributed by atoms with Crippen molar-refractivity contribution < 1.29 is 9.13 Å². The SMILES string of the molecule is COc1ncccc1CCc1ccc(Cc2c[nH]c3ncnc(C)c23)c(F)n1. The first-order valence-corrected chi connectivity index (χ1v) is 9.05. The van der Waals surface area contributed by atoms with Gasteiger partial charge < -0.3 is 9.72 Å². The van der Waals surface area contributed by atoms with Gasteiger partial charge in [-0.2, -0.15) is 4.39 Å². The molecule has 0 spiro atoms. The summed E-state index contributed by atoms with van der Waals surface area (Å²) in [5.41, 5.74) is 4.82. The second-order valence-electron chi connectivity index (χ2n) is 6.60. The number of H-pyrrole nitrogens is 1. The Morgan fingerprint density at radius 1 is 1.04 bits per heavy atom. The van der Waals surface area contributed by atoms with Crippen molar-refractivity contribution in [3.05, 3.63) is 77.0 Å². The highest BCUT2D eigenvalue weighted by atomic mass is 19.1. The van der Waals surface area contributed by atoms with Gasteiger partial charge >= 0.3 is 0 Å². The fraction of sp³-hybridized carbons (Fsp3) is 0.238. The zero-order valence-corrected chi connectivity index (χ0v) is 15.7. The topological polar surface area (TPSA) is 76.6 Å². The van der Waals surface area contributed by atoms with Crippen LogP contribution >= 0.6 is 0 Å². The second-order valence-corrected chi connectivity index (χ2v) is 6.60. The Hall–Kier alpha value is -3.35. The molecule has 28 heavy (non-hydrogen) atoms. The summed E-state index contributed by atoms with van der Waals surface area (Å²) in [6.45, 7) is 1.92. The average Bonchev–Trinajstić information content (AvgIpc) is 3.12. The molecule has 0 aliphatic carbocycles. The van der Waals surface area contributed by atoms with Gasteiger partial charge in [-0.15, -0.1) is 0 Å². The Balaban J connectivity index is 1.51. The van der Waals surface area contributed by atoms with Gasteiger partial charge in [-0.25, -0.2) is 19.9 Å². The number of ether oxygens (including phenoxy) is 1. The second kappa shape index (κ2) is 7.72. The fourth-order valence-corrected chi connectivity index (χ4v) is 3.37. The molecular weight excluding hydrogens is 357 g/mol. The highest BCUT2D eigenvalue weighted by Crippen LogP contribution is 2.23. The minimum atomic E-state index is -0.445. The predicted molar refractivity (Wildman–Crippen MR) is 104 cm³/mol. The maximum absolute atomic E-state index is 14.6. The number of nitrogens with zero attached hydrogens (tertiary/aromatic N) is 4. The Kier molecular flexibility index (Phi) is 4.97. The maximum Gasteiger partial charge on any atom is 0.216 e. The summed E-state index contributed by atoms with van der Waals surface area (Å²) in [7, 11) is 1.59. The van der Waals surface area contributed by atoms with E-state index in [0.717, 1.165) is 27.9 Å². The van der Waals surface area contributed by atoms with E-state index in [9.17, 15) is 4.39 Å². The molecule has 0 bridgehead atoms. The summed E-state index contributed by atoms with van der Waals surface area (Å²) >= 11 is 0. The van der Waals surface area contributed by atoms with Crippen LogP contribution in [-0.4, -0.2) is 32.0 Å². The van der Waals surface area contributed by atoms with Crippen molar-refractivity contribution in [2.75, 3.05) is 7.11 Å². The van der Waals surface area contributed by atoms with E-state index in [1.807, 2.05) is 31.3 Å². The number of methoxy groups -OCH3 is 1. The molecule has 0 saturated carbocycles. The molecule has 0 aliphatic heterocycles. The molecule has 0 amide bonds. The van der Waals surface area contributed by atoms with Crippen molar-refractivity contribution in [1.29, 1.82) is 0 Å². The van der Waals surface area contributed by atoms with Gasteiger partial charge in [-0.05, 0) is 37.5 Å². The predicted octanol–water partition coefficient (Wildman–Crippen LogP) is 3.58. The molecule has 0 atom stereocenters. The molecule has 0 saturated heterocycles. The molecule has 0 radical (unpaired) electrons. The quantitative estimate of drug-likeness (QED) is 0.520. The van der Waals surface area contributed by atoms with Crippen LogP contribution in [0.25, 0.3) is 11.0 Å². The number of fused-ring (bicyclic) bond motifs is 1. The summed E-state index contributed by atoms with van der Waals surface area (Å²) in [5, 5.41) is 0.939. The molecule has 4 rings (SSSR count). The molecule has 1 N–H and O–H groups in total. The fourth-order valence-electron chi connectivity index (χ4n) is 3.37. The third-order valence-corrected chi connectivity index (χ3v) is 4.80. The number of aromatic amines is 1. The van der Waals surface area contributed by atoms with Gasteiger partial charge in [0, 0.05) is 41.0 Å². The van der Waals surface area contributed by atoms with Crippen LogP contribution in [0.4, 0.5) is 4.39 Å². The molecule has 0 fully saturated rings. The first kappa shape index (κ1) is 18.0. The van der Waals surface area contributed by atoms with E-state index in [-0.39, 0.29) is 0 Å². The molecule has 4 aromatic heterocycles. The Morgan fingerprint density at radius 3 is 2.75 bits per heavy atom. The minimum absolute atomic E-state index is 0.434. The van der Waals surface area contributed by atoms with E-state index < -0.39 is 5.95 Å². The van der Waals surface area contributed by atoms with Crippen LogP contribution in [0.15, 0.2) is 43.0 Å². The van der Waals surface area contributed by atoms with Gasteiger partial charge in [0.25, 0.3) is 0 Å². The van der Waals surface area contributed by atoms with Crippen LogP contribution in [0.5, 0.6) is 5.88 Å². The van der Waals surface area contributed by atoms with Crippen molar-refractivity contribution in [3.8, 4) is 5.88 Å². The Labute approximate surface area is 161 Å². The Bertz CT molecular complexity index is 1120. The van der Waals surface area contributed by atoms with Crippen LogP contribution in [0.1, 0.15) is 28.1 Å². The Morgan fingerprint density at radius 2 is 1.93 bits per heavy atom. The van der Waals surface area contributed by atoms with Crippen LogP contribution in [0.2, 0.25) is 0 Å². The van der Waals surface area contributed by atoms with Crippen molar-refractivity contribution in [2.24, 2.45) is 0 Å². The molecule has 0 aliphatic rings. The van der Waals surface area contributed by atoms with E-state index in [4.69, 9.17) is 4.74 Å². The van der Waals surface area contributed by atoms with Gasteiger partial charge in [0.1, 0.15) is 12.0 Å². The smallest absolute Gasteiger partial charge is 0.216 e. The molecule has 7 heteroatoms. The summed E-state index contributed by atoms with van der Waals surface area (Å²) in [6, 6.07) is 7.50. The summed E-state index contributed by atoms with van der Waals surface area (Å²) in [4.78, 5) is 19.9. The van der Waals surface area contributed by atoms with Gasteiger partial charge in [-0.3, -0.25) is 0 Å². The molecule has 4 heterocycles. The van der Waals surface area contributed by atoms with Crippen molar-refractivity contribution in [3.63, 3.8) is 0 Å². The van der Waals surface area contributed by atoms with Crippen LogP contribution in [-0.2, 0) is 19.3 Å². The van der Waals surface area contributed by atoms with Crippen LogP contribution < -0.4 is 4.74 Å². The summed E-state index contributed by atoms with van der Waals surface area (Å²) in [5.74, 6) is 0.149. The van der Waals surface area contributed by atoms with E-state index >= 15 is 0 Å².